The highest BCUT2D eigenvalue weighted by Gasteiger charge is 2.43. The van der Waals surface area contributed by atoms with Gasteiger partial charge in [0, 0.05) is 19.2 Å². The fourth-order valence-corrected chi connectivity index (χ4v) is 3.28. The van der Waals surface area contributed by atoms with Crippen molar-refractivity contribution in [2.75, 3.05) is 7.05 Å². The van der Waals surface area contributed by atoms with E-state index < -0.39 is 5.41 Å². The molecule has 20 heavy (non-hydrogen) atoms. The number of hydrogen-bond donors (Lipinski definition) is 1. The molecule has 0 spiro atoms. The van der Waals surface area contributed by atoms with Crippen molar-refractivity contribution in [2.24, 2.45) is 11.1 Å². The first-order valence-electron chi connectivity index (χ1n) is 7.13. The summed E-state index contributed by atoms with van der Waals surface area (Å²) in [5.74, 6) is 0.0492. The van der Waals surface area contributed by atoms with E-state index in [1.165, 1.54) is 0 Å². The van der Waals surface area contributed by atoms with E-state index in [1.54, 1.807) is 24.5 Å². The summed E-state index contributed by atoms with van der Waals surface area (Å²) < 4.78 is 5.04. The molecule has 1 fully saturated rings. The number of carbonyl (C=O) groups is 1. The van der Waals surface area contributed by atoms with Crippen molar-refractivity contribution in [1.82, 2.24) is 4.90 Å². The van der Waals surface area contributed by atoms with E-state index >= 15 is 0 Å². The fraction of sp³-hybridized carbons (Fsp3) is 0.600. The van der Waals surface area contributed by atoms with E-state index in [2.05, 4.69) is 0 Å². The number of rotatable bonds is 4. The maximum atomic E-state index is 12.9. The number of furan rings is 1. The summed E-state index contributed by atoms with van der Waals surface area (Å²) >= 11 is 5.24. The van der Waals surface area contributed by atoms with Gasteiger partial charge in [-0.1, -0.05) is 37.9 Å². The van der Waals surface area contributed by atoms with Crippen LogP contribution in [-0.4, -0.2) is 22.8 Å². The number of nitrogens with two attached hydrogens (primary N) is 1. The SMILES string of the molecule is CN(Cc1ccoc1)C(=O)C1(C(N)=S)CCCCCC1. The number of hydrogen-bond acceptors (Lipinski definition) is 3. The lowest BCUT2D eigenvalue weighted by Gasteiger charge is -2.34. The summed E-state index contributed by atoms with van der Waals surface area (Å²) in [6, 6.07) is 1.87. The molecule has 0 aromatic carbocycles. The molecule has 1 heterocycles. The van der Waals surface area contributed by atoms with Gasteiger partial charge in [0.15, 0.2) is 0 Å². The van der Waals surface area contributed by atoms with E-state index in [-0.39, 0.29) is 5.91 Å². The predicted octanol–water partition coefficient (Wildman–Crippen LogP) is 2.86. The lowest BCUT2D eigenvalue weighted by atomic mass is 9.79. The van der Waals surface area contributed by atoms with Gasteiger partial charge in [0.05, 0.1) is 22.9 Å². The van der Waals surface area contributed by atoms with Gasteiger partial charge < -0.3 is 15.1 Å². The van der Waals surface area contributed by atoms with Crippen LogP contribution in [0.15, 0.2) is 23.0 Å². The largest absolute Gasteiger partial charge is 0.472 e. The highest BCUT2D eigenvalue weighted by molar-refractivity contribution is 7.80. The first-order valence-corrected chi connectivity index (χ1v) is 7.53. The average molecular weight is 294 g/mol. The normalized spacial score (nSPS) is 18.2. The molecule has 1 amide bonds. The van der Waals surface area contributed by atoms with Gasteiger partial charge in [-0.3, -0.25) is 4.79 Å². The molecular formula is C15H22N2O2S. The van der Waals surface area contributed by atoms with Crippen LogP contribution in [0.2, 0.25) is 0 Å². The van der Waals surface area contributed by atoms with Crippen molar-refractivity contribution in [3.63, 3.8) is 0 Å². The summed E-state index contributed by atoms with van der Waals surface area (Å²) in [5, 5.41) is 0. The maximum Gasteiger partial charge on any atom is 0.235 e. The molecule has 4 nitrogen and oxygen atoms in total. The quantitative estimate of drug-likeness (QED) is 0.685. The number of thiocarbonyl (C=S) groups is 1. The molecule has 1 saturated carbocycles. The zero-order chi connectivity index (χ0) is 14.6. The molecule has 5 heteroatoms. The zero-order valence-electron chi connectivity index (χ0n) is 11.9. The Bertz CT molecular complexity index is 462. The Kier molecular flexibility index (Phi) is 4.81. The Morgan fingerprint density at radius 1 is 1.40 bits per heavy atom. The van der Waals surface area contributed by atoms with Crippen molar-refractivity contribution in [1.29, 1.82) is 0 Å². The highest BCUT2D eigenvalue weighted by atomic mass is 32.1. The Labute approximate surface area is 125 Å². The standard InChI is InChI=1S/C15H22N2O2S/c1-17(10-12-6-9-19-11-12)14(18)15(13(16)20)7-4-2-3-5-8-15/h6,9,11H,2-5,7-8,10H2,1H3,(H2,16,20). The molecule has 0 saturated heterocycles. The van der Waals surface area contributed by atoms with Crippen molar-refractivity contribution in [2.45, 2.75) is 45.1 Å². The maximum absolute atomic E-state index is 12.9. The average Bonchev–Trinajstić information content (AvgIpc) is 2.79. The van der Waals surface area contributed by atoms with Crippen LogP contribution in [0.25, 0.3) is 0 Å². The van der Waals surface area contributed by atoms with Crippen molar-refractivity contribution in [3.05, 3.63) is 24.2 Å². The summed E-state index contributed by atoms with van der Waals surface area (Å²) in [6.07, 6.45) is 9.16. The first kappa shape index (κ1) is 15.0. The third-order valence-electron chi connectivity index (χ3n) is 4.18. The van der Waals surface area contributed by atoms with E-state index in [0.29, 0.717) is 11.5 Å². The summed E-state index contributed by atoms with van der Waals surface area (Å²) in [4.78, 5) is 14.9. The second kappa shape index (κ2) is 6.39. The second-order valence-electron chi connectivity index (χ2n) is 5.65. The molecule has 1 aliphatic rings. The fourth-order valence-electron chi connectivity index (χ4n) is 2.99. The molecule has 1 aromatic heterocycles. The molecule has 0 bridgehead atoms. The Hall–Kier alpha value is -1.36. The Morgan fingerprint density at radius 3 is 2.55 bits per heavy atom. The first-order chi connectivity index (χ1) is 9.56. The molecule has 1 aromatic rings. The van der Waals surface area contributed by atoms with Crippen LogP contribution in [0.4, 0.5) is 0 Å². The molecule has 1 aliphatic carbocycles. The van der Waals surface area contributed by atoms with Crippen LogP contribution in [0, 0.1) is 5.41 Å². The third kappa shape index (κ3) is 3.03. The molecular weight excluding hydrogens is 272 g/mol. The topological polar surface area (TPSA) is 59.5 Å². The van der Waals surface area contributed by atoms with Gasteiger partial charge >= 0.3 is 0 Å². The second-order valence-corrected chi connectivity index (χ2v) is 6.09. The van der Waals surface area contributed by atoms with E-state index in [9.17, 15) is 4.79 Å². The van der Waals surface area contributed by atoms with E-state index in [1.807, 2.05) is 6.07 Å². The van der Waals surface area contributed by atoms with Gasteiger partial charge in [-0.2, -0.15) is 0 Å². The van der Waals surface area contributed by atoms with Crippen LogP contribution in [0.5, 0.6) is 0 Å². The summed E-state index contributed by atoms with van der Waals surface area (Å²) in [7, 11) is 1.81. The number of amides is 1. The summed E-state index contributed by atoms with van der Waals surface area (Å²) in [6.45, 7) is 0.527. The van der Waals surface area contributed by atoms with E-state index in [0.717, 1.165) is 44.1 Å². The lowest BCUT2D eigenvalue weighted by molar-refractivity contribution is -0.138. The smallest absolute Gasteiger partial charge is 0.235 e. The summed E-state index contributed by atoms with van der Waals surface area (Å²) in [5.41, 5.74) is 6.28. The number of nitrogens with zero attached hydrogens (tertiary/aromatic N) is 1. The molecule has 2 rings (SSSR count). The predicted molar refractivity (Wildman–Crippen MR) is 82.1 cm³/mol. The molecule has 110 valence electrons. The van der Waals surface area contributed by atoms with Crippen LogP contribution in [0.1, 0.15) is 44.1 Å². The van der Waals surface area contributed by atoms with Gasteiger partial charge in [0.1, 0.15) is 0 Å². The minimum Gasteiger partial charge on any atom is -0.472 e. The van der Waals surface area contributed by atoms with Crippen LogP contribution < -0.4 is 5.73 Å². The van der Waals surface area contributed by atoms with Crippen molar-refractivity contribution in [3.8, 4) is 0 Å². The molecule has 2 N–H and O–H groups in total. The highest BCUT2D eigenvalue weighted by Crippen LogP contribution is 2.37. The van der Waals surface area contributed by atoms with Gasteiger partial charge in [-0.25, -0.2) is 0 Å². The van der Waals surface area contributed by atoms with Gasteiger partial charge in [-0.15, -0.1) is 0 Å². The molecule has 0 atom stereocenters. The van der Waals surface area contributed by atoms with Crippen LogP contribution in [-0.2, 0) is 11.3 Å². The zero-order valence-corrected chi connectivity index (χ0v) is 12.7. The Morgan fingerprint density at radius 2 is 2.05 bits per heavy atom. The van der Waals surface area contributed by atoms with Crippen LogP contribution >= 0.6 is 12.2 Å². The van der Waals surface area contributed by atoms with Crippen molar-refractivity contribution >= 4 is 23.1 Å². The minimum absolute atomic E-state index is 0.0492. The lowest BCUT2D eigenvalue weighted by Crippen LogP contribution is -2.49. The molecule has 0 aliphatic heterocycles. The third-order valence-corrected chi connectivity index (χ3v) is 4.58. The minimum atomic E-state index is -0.648. The van der Waals surface area contributed by atoms with Gasteiger partial charge in [0.25, 0.3) is 0 Å². The van der Waals surface area contributed by atoms with Gasteiger partial charge in [0.2, 0.25) is 5.91 Å². The monoisotopic (exact) mass is 294 g/mol. The molecule has 0 unspecified atom stereocenters. The van der Waals surface area contributed by atoms with Gasteiger partial charge in [-0.05, 0) is 18.9 Å². The van der Waals surface area contributed by atoms with E-state index in [4.69, 9.17) is 22.4 Å². The molecule has 0 radical (unpaired) electrons. The van der Waals surface area contributed by atoms with Crippen LogP contribution in [0.3, 0.4) is 0 Å². The van der Waals surface area contributed by atoms with Crippen molar-refractivity contribution < 1.29 is 9.21 Å². The number of carbonyl (C=O) groups excluding carboxylic acids is 1. The Balaban J connectivity index is 2.15.